The molecule has 0 saturated heterocycles. The van der Waals surface area contributed by atoms with Crippen LogP contribution >= 0.6 is 0 Å². The van der Waals surface area contributed by atoms with Crippen molar-refractivity contribution in [1.82, 2.24) is 0 Å². The van der Waals surface area contributed by atoms with Gasteiger partial charge in [0.1, 0.15) is 0 Å². The molecule has 0 radical (unpaired) electrons. The van der Waals surface area contributed by atoms with Crippen LogP contribution in [0.1, 0.15) is 122 Å². The van der Waals surface area contributed by atoms with Crippen LogP contribution in [0.4, 0.5) is 8.78 Å². The van der Waals surface area contributed by atoms with E-state index in [2.05, 4.69) is 11.8 Å². The van der Waals surface area contributed by atoms with E-state index < -0.39 is 6.11 Å². The van der Waals surface area contributed by atoms with Gasteiger partial charge in [-0.3, -0.25) is 0 Å². The van der Waals surface area contributed by atoms with Gasteiger partial charge in [0.2, 0.25) is 0 Å². The van der Waals surface area contributed by atoms with E-state index in [-0.39, 0.29) is 6.42 Å². The van der Waals surface area contributed by atoms with Crippen LogP contribution in [0, 0.1) is 0 Å². The second-order valence-corrected chi connectivity index (χ2v) is 7.14. The zero-order valence-electron chi connectivity index (χ0n) is 15.8. The average molecular weight is 351 g/mol. The molecular formula is C20H40F2O2. The number of unbranched alkanes of at least 4 members (excludes halogenated alkanes) is 16. The van der Waals surface area contributed by atoms with E-state index in [1.54, 1.807) is 0 Å². The van der Waals surface area contributed by atoms with Crippen LogP contribution in [-0.4, -0.2) is 11.4 Å². The quantitative estimate of drug-likeness (QED) is 0.145. The third kappa shape index (κ3) is 18.1. The second kappa shape index (κ2) is 17.6. The van der Waals surface area contributed by atoms with Crippen LogP contribution in [0.5, 0.6) is 0 Å². The molecule has 0 atom stereocenters. The molecule has 0 aliphatic heterocycles. The van der Waals surface area contributed by atoms with E-state index >= 15 is 0 Å². The Morgan fingerprint density at radius 1 is 0.583 bits per heavy atom. The molecule has 4 heteroatoms. The molecule has 0 aromatic heterocycles. The zero-order valence-corrected chi connectivity index (χ0v) is 15.8. The van der Waals surface area contributed by atoms with Crippen molar-refractivity contribution in [3.8, 4) is 0 Å². The van der Waals surface area contributed by atoms with Crippen molar-refractivity contribution in [3.63, 3.8) is 0 Å². The maximum atomic E-state index is 12.6. The van der Waals surface area contributed by atoms with Gasteiger partial charge in [-0.25, -0.2) is 5.26 Å². The van der Waals surface area contributed by atoms with Crippen LogP contribution in [0.3, 0.4) is 0 Å². The summed E-state index contributed by atoms with van der Waals surface area (Å²) in [6, 6.07) is 0. The predicted octanol–water partition coefficient (Wildman–Crippen LogP) is 8.11. The second-order valence-electron chi connectivity index (χ2n) is 7.14. The molecule has 1 N–H and O–H groups in total. The standard InChI is InChI=1S/C20H40F2O2/c1-2-3-4-5-6-7-8-9-10-11-12-13-14-15-16-17-18-19-20(21,22)24-23/h23H,2-19H2,1H3. The summed E-state index contributed by atoms with van der Waals surface area (Å²) in [7, 11) is 0. The smallest absolute Gasteiger partial charge is 0.246 e. The lowest BCUT2D eigenvalue weighted by molar-refractivity contribution is -0.415. The van der Waals surface area contributed by atoms with Gasteiger partial charge in [-0.05, 0) is 6.42 Å². The van der Waals surface area contributed by atoms with E-state index in [0.717, 1.165) is 19.3 Å². The third-order valence-corrected chi connectivity index (χ3v) is 4.70. The summed E-state index contributed by atoms with van der Waals surface area (Å²) < 4.78 is 25.2. The number of hydrogen-bond acceptors (Lipinski definition) is 2. The van der Waals surface area contributed by atoms with Crippen molar-refractivity contribution in [2.45, 2.75) is 129 Å². The van der Waals surface area contributed by atoms with E-state index in [4.69, 9.17) is 5.26 Å². The molecule has 146 valence electrons. The van der Waals surface area contributed by atoms with Crippen LogP contribution in [0.15, 0.2) is 0 Å². The Morgan fingerprint density at radius 2 is 0.875 bits per heavy atom. The van der Waals surface area contributed by atoms with Crippen molar-refractivity contribution >= 4 is 0 Å². The molecule has 0 aromatic carbocycles. The topological polar surface area (TPSA) is 29.5 Å². The Bertz CT molecular complexity index is 248. The molecule has 0 rings (SSSR count). The lowest BCUT2D eigenvalue weighted by atomic mass is 10.0. The zero-order chi connectivity index (χ0) is 17.9. The summed E-state index contributed by atoms with van der Waals surface area (Å²) in [5.74, 6) is 0. The van der Waals surface area contributed by atoms with Crippen molar-refractivity contribution in [2.75, 3.05) is 0 Å². The highest BCUT2D eigenvalue weighted by atomic mass is 19.3. The highest BCUT2D eigenvalue weighted by Crippen LogP contribution is 2.22. The summed E-state index contributed by atoms with van der Waals surface area (Å²) in [6.45, 7) is 2.26. The molecule has 0 aromatic rings. The first-order valence-electron chi connectivity index (χ1n) is 10.3. The van der Waals surface area contributed by atoms with Gasteiger partial charge in [0.15, 0.2) is 0 Å². The fourth-order valence-corrected chi connectivity index (χ4v) is 3.10. The Hall–Kier alpha value is -0.220. The monoisotopic (exact) mass is 350 g/mol. The SMILES string of the molecule is CCCCCCCCCCCCCCCCCCCC(F)(F)OO. The van der Waals surface area contributed by atoms with Gasteiger partial charge < -0.3 is 0 Å². The van der Waals surface area contributed by atoms with Gasteiger partial charge in [-0.2, -0.15) is 13.7 Å². The highest BCUT2D eigenvalue weighted by molar-refractivity contribution is 4.53. The van der Waals surface area contributed by atoms with E-state index in [1.807, 2.05) is 0 Å². The number of rotatable bonds is 19. The first-order valence-corrected chi connectivity index (χ1v) is 10.3. The van der Waals surface area contributed by atoms with Gasteiger partial charge in [0, 0.05) is 6.42 Å². The molecule has 24 heavy (non-hydrogen) atoms. The molecule has 0 saturated carbocycles. The Labute approximate surface area is 148 Å². The molecule has 0 aliphatic rings. The van der Waals surface area contributed by atoms with E-state index in [9.17, 15) is 8.78 Å². The Balaban J connectivity index is 3.05. The normalized spacial score (nSPS) is 12.0. The molecule has 0 bridgehead atoms. The van der Waals surface area contributed by atoms with E-state index in [1.165, 1.54) is 83.5 Å². The van der Waals surface area contributed by atoms with Gasteiger partial charge in [-0.15, -0.1) is 0 Å². The first kappa shape index (κ1) is 23.8. The van der Waals surface area contributed by atoms with Crippen LogP contribution in [0.25, 0.3) is 0 Å². The summed E-state index contributed by atoms with van der Waals surface area (Å²) in [5.41, 5.74) is 0. The minimum Gasteiger partial charge on any atom is -0.246 e. The van der Waals surface area contributed by atoms with Gasteiger partial charge in [0.05, 0.1) is 0 Å². The molecule has 0 amide bonds. The molecule has 0 unspecified atom stereocenters. The molecule has 0 fully saturated rings. The van der Waals surface area contributed by atoms with Crippen molar-refractivity contribution < 1.29 is 18.9 Å². The highest BCUT2D eigenvalue weighted by Gasteiger charge is 2.29. The number of alkyl halides is 2. The lowest BCUT2D eigenvalue weighted by Gasteiger charge is -2.10. The van der Waals surface area contributed by atoms with Crippen LogP contribution in [-0.2, 0) is 4.89 Å². The van der Waals surface area contributed by atoms with E-state index in [0.29, 0.717) is 6.42 Å². The van der Waals surface area contributed by atoms with Crippen LogP contribution in [0.2, 0.25) is 0 Å². The molecular weight excluding hydrogens is 310 g/mol. The summed E-state index contributed by atoms with van der Waals surface area (Å²) in [6.07, 6.45) is 17.2. The third-order valence-electron chi connectivity index (χ3n) is 4.70. The summed E-state index contributed by atoms with van der Waals surface area (Å²) in [5, 5.41) is 7.98. The molecule has 0 heterocycles. The molecule has 0 aliphatic carbocycles. The van der Waals surface area contributed by atoms with Crippen LogP contribution < -0.4 is 0 Å². The van der Waals surface area contributed by atoms with Gasteiger partial charge in [-0.1, -0.05) is 110 Å². The van der Waals surface area contributed by atoms with Crippen molar-refractivity contribution in [1.29, 1.82) is 0 Å². The molecule has 2 nitrogen and oxygen atoms in total. The number of halogens is 2. The average Bonchev–Trinajstić information content (AvgIpc) is 2.57. The van der Waals surface area contributed by atoms with Gasteiger partial charge in [0.25, 0.3) is 0 Å². The largest absolute Gasteiger partial charge is 0.380 e. The van der Waals surface area contributed by atoms with Crippen molar-refractivity contribution in [3.05, 3.63) is 0 Å². The van der Waals surface area contributed by atoms with Gasteiger partial charge >= 0.3 is 6.11 Å². The maximum absolute atomic E-state index is 12.6. The lowest BCUT2D eigenvalue weighted by Crippen LogP contribution is -2.18. The van der Waals surface area contributed by atoms with Crippen molar-refractivity contribution in [2.24, 2.45) is 0 Å². The Morgan fingerprint density at radius 3 is 1.17 bits per heavy atom. The Kier molecular flexibility index (Phi) is 17.4. The minimum absolute atomic E-state index is 0.387. The fraction of sp³-hybridized carbons (Fsp3) is 1.00. The fourth-order valence-electron chi connectivity index (χ4n) is 3.10. The maximum Gasteiger partial charge on any atom is 0.380 e. The predicted molar refractivity (Wildman–Crippen MR) is 97.4 cm³/mol. The summed E-state index contributed by atoms with van der Waals surface area (Å²) >= 11 is 0. The number of hydrogen-bond donors (Lipinski definition) is 1. The summed E-state index contributed by atoms with van der Waals surface area (Å²) in [4.78, 5) is 3.13. The first-order chi connectivity index (χ1) is 11.6. The minimum atomic E-state index is -3.37. The molecule has 0 spiro atoms.